The molecule has 2 heterocycles. The zero-order chi connectivity index (χ0) is 19.3. The van der Waals surface area contributed by atoms with Gasteiger partial charge in [0.1, 0.15) is 6.33 Å². The predicted octanol–water partition coefficient (Wildman–Crippen LogP) is 3.87. The Morgan fingerprint density at radius 2 is 1.93 bits per heavy atom. The summed E-state index contributed by atoms with van der Waals surface area (Å²) in [6.45, 7) is 0.950. The van der Waals surface area contributed by atoms with Gasteiger partial charge in [0, 0.05) is 0 Å². The number of hydrogen-bond acceptors (Lipinski definition) is 7. The van der Waals surface area contributed by atoms with Gasteiger partial charge >= 0.3 is 0 Å². The van der Waals surface area contributed by atoms with Gasteiger partial charge in [-0.1, -0.05) is 36.4 Å². The van der Waals surface area contributed by atoms with E-state index in [1.807, 2.05) is 35.0 Å². The highest BCUT2D eigenvalue weighted by molar-refractivity contribution is 5.84. The van der Waals surface area contributed by atoms with Crippen LogP contribution in [0, 0.1) is 0 Å². The van der Waals surface area contributed by atoms with Crippen LogP contribution < -0.4 is 4.74 Å². The average Bonchev–Trinajstić information content (AvgIpc) is 3.14. The van der Waals surface area contributed by atoms with Crippen LogP contribution in [-0.2, 0) is 13.1 Å². The van der Waals surface area contributed by atoms with E-state index >= 15 is 0 Å². The summed E-state index contributed by atoms with van der Waals surface area (Å²) in [7, 11) is 1.51. The van der Waals surface area contributed by atoms with Crippen LogP contribution in [0.3, 0.4) is 0 Å². The van der Waals surface area contributed by atoms with Crippen molar-refractivity contribution in [2.24, 2.45) is 10.2 Å². The number of ether oxygens (including phenoxy) is 1. The molecule has 8 nitrogen and oxygen atoms in total. The van der Waals surface area contributed by atoms with Crippen molar-refractivity contribution >= 4 is 16.9 Å². The Kier molecular flexibility index (Phi) is 4.92. The van der Waals surface area contributed by atoms with Crippen molar-refractivity contribution in [1.29, 1.82) is 0 Å². The first-order valence-corrected chi connectivity index (χ1v) is 8.68. The molecular formula is C20H18N6O2. The van der Waals surface area contributed by atoms with E-state index < -0.39 is 0 Å². The number of phenolic OH excluding ortho intramolecular Hbond substituents is 1. The average molecular weight is 374 g/mol. The minimum Gasteiger partial charge on any atom is -0.504 e. The van der Waals surface area contributed by atoms with Gasteiger partial charge in [-0.15, -0.1) is 5.11 Å². The second-order valence-corrected chi connectivity index (χ2v) is 6.13. The third kappa shape index (κ3) is 3.66. The van der Waals surface area contributed by atoms with E-state index in [1.54, 1.807) is 24.4 Å². The highest BCUT2D eigenvalue weighted by Crippen LogP contribution is 2.27. The summed E-state index contributed by atoms with van der Waals surface area (Å²) < 4.78 is 6.92. The minimum atomic E-state index is 0.0894. The number of phenols is 1. The third-order valence-corrected chi connectivity index (χ3v) is 4.25. The molecule has 4 aromatic rings. The van der Waals surface area contributed by atoms with Crippen molar-refractivity contribution in [2.45, 2.75) is 13.1 Å². The first kappa shape index (κ1) is 17.6. The number of fused-ring (bicyclic) bond motifs is 1. The topological polar surface area (TPSA) is 97.8 Å². The first-order valence-electron chi connectivity index (χ1n) is 8.68. The Morgan fingerprint density at radius 3 is 2.75 bits per heavy atom. The van der Waals surface area contributed by atoms with Crippen LogP contribution in [-0.4, -0.2) is 32.0 Å². The lowest BCUT2D eigenvalue weighted by molar-refractivity contribution is 0.373. The van der Waals surface area contributed by atoms with Crippen molar-refractivity contribution in [3.63, 3.8) is 0 Å². The van der Waals surface area contributed by atoms with Crippen LogP contribution >= 0.6 is 0 Å². The molecule has 4 rings (SSSR count). The summed E-state index contributed by atoms with van der Waals surface area (Å²) in [6.07, 6.45) is 3.17. The summed E-state index contributed by atoms with van der Waals surface area (Å²) >= 11 is 0. The van der Waals surface area contributed by atoms with Gasteiger partial charge in [0.25, 0.3) is 0 Å². The highest BCUT2D eigenvalue weighted by Gasteiger charge is 2.10. The molecule has 140 valence electrons. The molecule has 0 aliphatic rings. The van der Waals surface area contributed by atoms with Crippen LogP contribution in [0.2, 0.25) is 0 Å². The Labute approximate surface area is 161 Å². The first-order chi connectivity index (χ1) is 13.7. The van der Waals surface area contributed by atoms with Gasteiger partial charge in [-0.2, -0.15) is 10.2 Å². The second-order valence-electron chi connectivity index (χ2n) is 6.13. The van der Waals surface area contributed by atoms with E-state index in [4.69, 9.17) is 4.74 Å². The zero-order valence-corrected chi connectivity index (χ0v) is 15.2. The summed E-state index contributed by atoms with van der Waals surface area (Å²) in [6, 6.07) is 15.1. The molecule has 1 N–H and O–H groups in total. The van der Waals surface area contributed by atoms with Crippen molar-refractivity contribution in [3.05, 3.63) is 72.2 Å². The molecule has 2 aromatic carbocycles. The third-order valence-electron chi connectivity index (χ3n) is 4.25. The van der Waals surface area contributed by atoms with E-state index in [0.717, 1.165) is 16.5 Å². The smallest absolute Gasteiger partial charge is 0.188 e. The van der Waals surface area contributed by atoms with Crippen LogP contribution in [0.5, 0.6) is 11.5 Å². The fourth-order valence-corrected chi connectivity index (χ4v) is 2.84. The van der Waals surface area contributed by atoms with Gasteiger partial charge in [-0.05, 0) is 23.3 Å². The van der Waals surface area contributed by atoms with E-state index in [1.165, 1.54) is 13.4 Å². The molecule has 0 fully saturated rings. The SMILES string of the molecule is COc1cc(CN=Nc2ncnc3c2cnn3Cc2ccccc2)ccc1O. The van der Waals surface area contributed by atoms with Gasteiger partial charge in [-0.3, -0.25) is 0 Å². The standard InChI is InChI=1S/C20H18N6O2/c1-28-18-9-15(7-8-17(18)27)10-23-25-19-16-11-24-26(20(16)22-13-21-19)12-14-5-3-2-4-6-14/h2-9,11,13,27H,10,12H2,1H3. The van der Waals surface area contributed by atoms with Gasteiger partial charge in [0.05, 0.1) is 31.8 Å². The van der Waals surface area contributed by atoms with Crippen LogP contribution in [0.15, 0.2) is 71.3 Å². The Balaban J connectivity index is 1.55. The Bertz CT molecular complexity index is 1120. The zero-order valence-electron chi connectivity index (χ0n) is 15.2. The molecule has 0 aliphatic heterocycles. The molecular weight excluding hydrogens is 356 g/mol. The molecule has 0 spiro atoms. The van der Waals surface area contributed by atoms with Crippen LogP contribution in [0.25, 0.3) is 11.0 Å². The maximum absolute atomic E-state index is 9.66. The summed E-state index contributed by atoms with van der Waals surface area (Å²) in [4.78, 5) is 8.56. The largest absolute Gasteiger partial charge is 0.504 e. The van der Waals surface area contributed by atoms with E-state index in [-0.39, 0.29) is 5.75 Å². The molecule has 0 saturated carbocycles. The van der Waals surface area contributed by atoms with Crippen molar-refractivity contribution in [3.8, 4) is 11.5 Å². The van der Waals surface area contributed by atoms with E-state index in [9.17, 15) is 5.11 Å². The normalized spacial score (nSPS) is 11.3. The van der Waals surface area contributed by atoms with Gasteiger partial charge in [-0.25, -0.2) is 14.6 Å². The monoisotopic (exact) mass is 374 g/mol. The van der Waals surface area contributed by atoms with Crippen molar-refractivity contribution < 1.29 is 9.84 Å². The highest BCUT2D eigenvalue weighted by atomic mass is 16.5. The number of aromatic hydroxyl groups is 1. The molecule has 8 heteroatoms. The van der Waals surface area contributed by atoms with E-state index in [0.29, 0.717) is 30.3 Å². The van der Waals surface area contributed by atoms with Gasteiger partial charge in [0.2, 0.25) is 0 Å². The lowest BCUT2D eigenvalue weighted by atomic mass is 10.2. The summed E-state index contributed by atoms with van der Waals surface area (Å²) in [5, 5.41) is 23.3. The van der Waals surface area contributed by atoms with Crippen LogP contribution in [0.4, 0.5) is 5.82 Å². The van der Waals surface area contributed by atoms with Gasteiger partial charge < -0.3 is 9.84 Å². The maximum atomic E-state index is 9.66. The number of aromatic nitrogens is 4. The molecule has 28 heavy (non-hydrogen) atoms. The molecule has 0 aliphatic carbocycles. The molecule has 2 aromatic heterocycles. The second kappa shape index (κ2) is 7.83. The molecule has 0 saturated heterocycles. The van der Waals surface area contributed by atoms with E-state index in [2.05, 4.69) is 25.3 Å². The van der Waals surface area contributed by atoms with Crippen molar-refractivity contribution in [1.82, 2.24) is 19.7 Å². The molecule has 0 bridgehead atoms. The lowest BCUT2D eigenvalue weighted by Crippen LogP contribution is -2.02. The van der Waals surface area contributed by atoms with Crippen LogP contribution in [0.1, 0.15) is 11.1 Å². The number of benzene rings is 2. The molecule has 0 radical (unpaired) electrons. The lowest BCUT2D eigenvalue weighted by Gasteiger charge is -2.04. The molecule has 0 unspecified atom stereocenters. The number of nitrogens with zero attached hydrogens (tertiary/aromatic N) is 6. The molecule has 0 atom stereocenters. The van der Waals surface area contributed by atoms with Gasteiger partial charge in [0.15, 0.2) is 23.0 Å². The number of methoxy groups -OCH3 is 1. The molecule has 0 amide bonds. The number of rotatable bonds is 6. The minimum absolute atomic E-state index is 0.0894. The quantitative estimate of drug-likeness (QED) is 0.517. The fraction of sp³-hybridized carbons (Fsp3) is 0.150. The van der Waals surface area contributed by atoms with Crippen molar-refractivity contribution in [2.75, 3.05) is 7.11 Å². The fourth-order valence-electron chi connectivity index (χ4n) is 2.84. The number of hydrogen-bond donors (Lipinski definition) is 1. The summed E-state index contributed by atoms with van der Waals surface area (Å²) in [5.41, 5.74) is 2.71. The summed E-state index contributed by atoms with van der Waals surface area (Å²) in [5.74, 6) is 0.959. The number of azo groups is 1. The Hall–Kier alpha value is -3.81. The maximum Gasteiger partial charge on any atom is 0.188 e. The predicted molar refractivity (Wildman–Crippen MR) is 104 cm³/mol. The Morgan fingerprint density at radius 1 is 1.07 bits per heavy atom.